The number of hydrogen-bond acceptors (Lipinski definition) is 4. The van der Waals surface area contributed by atoms with Crippen LogP contribution in [0.3, 0.4) is 0 Å². The quantitative estimate of drug-likeness (QED) is 0.790. The molecule has 122 valence electrons. The molecule has 1 aromatic rings. The first-order chi connectivity index (χ1) is 10.4. The number of thioether (sulfide) groups is 1. The van der Waals surface area contributed by atoms with Gasteiger partial charge < -0.3 is 0 Å². The minimum Gasteiger partial charge on any atom is -0.298 e. The van der Waals surface area contributed by atoms with E-state index in [1.54, 1.807) is 10.4 Å². The highest BCUT2D eigenvalue weighted by atomic mass is 32.2. The Kier molecular flexibility index (Phi) is 4.56. The molecule has 2 saturated heterocycles. The molecule has 0 aliphatic carbocycles. The van der Waals surface area contributed by atoms with Crippen molar-refractivity contribution in [3.05, 3.63) is 24.3 Å². The molecule has 2 heterocycles. The average Bonchev–Trinajstić information content (AvgIpc) is 2.78. The van der Waals surface area contributed by atoms with Gasteiger partial charge in [0.25, 0.3) is 0 Å². The maximum absolute atomic E-state index is 13.2. The standard InChI is InChI=1S/C16H24N2O2S2/c1-12(2)17-10-13-8-9-14(11-17)18(13)22(19,20)16-7-5-4-6-15(16)21-3/h4-7,12-14H,8-11H2,1-3H3. The smallest absolute Gasteiger partial charge is 0.244 e. The minimum atomic E-state index is -3.40. The van der Waals surface area contributed by atoms with E-state index in [-0.39, 0.29) is 12.1 Å². The lowest BCUT2D eigenvalue weighted by molar-refractivity contribution is 0.103. The molecule has 2 unspecified atom stereocenters. The average molecular weight is 341 g/mol. The number of nitrogens with zero attached hydrogens (tertiary/aromatic N) is 2. The van der Waals surface area contributed by atoms with Crippen molar-refractivity contribution in [1.82, 2.24) is 9.21 Å². The van der Waals surface area contributed by atoms with Crippen LogP contribution in [-0.2, 0) is 10.0 Å². The van der Waals surface area contributed by atoms with Crippen molar-refractivity contribution >= 4 is 21.8 Å². The first-order valence-corrected chi connectivity index (χ1v) is 10.5. The van der Waals surface area contributed by atoms with Crippen molar-refractivity contribution in [3.63, 3.8) is 0 Å². The molecule has 2 aliphatic rings. The van der Waals surface area contributed by atoms with Gasteiger partial charge in [-0.1, -0.05) is 12.1 Å². The van der Waals surface area contributed by atoms with Gasteiger partial charge in [0.1, 0.15) is 0 Å². The van der Waals surface area contributed by atoms with Crippen LogP contribution in [0, 0.1) is 0 Å². The van der Waals surface area contributed by atoms with E-state index in [0.29, 0.717) is 10.9 Å². The Morgan fingerprint density at radius 1 is 1.14 bits per heavy atom. The van der Waals surface area contributed by atoms with Gasteiger partial charge in [-0.2, -0.15) is 4.31 Å². The third kappa shape index (κ3) is 2.70. The lowest BCUT2D eigenvalue weighted by Gasteiger charge is -2.42. The molecule has 0 saturated carbocycles. The topological polar surface area (TPSA) is 40.6 Å². The first kappa shape index (κ1) is 16.3. The summed E-state index contributed by atoms with van der Waals surface area (Å²) in [6.45, 7) is 6.09. The largest absolute Gasteiger partial charge is 0.298 e. The molecular weight excluding hydrogens is 316 g/mol. The van der Waals surface area contributed by atoms with Gasteiger partial charge in [0.15, 0.2) is 0 Å². The van der Waals surface area contributed by atoms with Crippen LogP contribution in [0.2, 0.25) is 0 Å². The molecule has 3 rings (SSSR count). The third-order valence-corrected chi connectivity index (χ3v) is 7.79. The summed E-state index contributed by atoms with van der Waals surface area (Å²) in [6.07, 6.45) is 3.89. The van der Waals surface area contributed by atoms with Crippen LogP contribution in [0.4, 0.5) is 0 Å². The highest BCUT2D eigenvalue weighted by Crippen LogP contribution is 2.37. The SMILES string of the molecule is CSc1ccccc1S(=O)(=O)N1C2CCC1CN(C(C)C)C2. The van der Waals surface area contributed by atoms with Crippen molar-refractivity contribution in [1.29, 1.82) is 0 Å². The normalized spacial score (nSPS) is 26.7. The number of benzene rings is 1. The first-order valence-electron chi connectivity index (χ1n) is 7.85. The predicted octanol–water partition coefficient (Wildman–Crippen LogP) is 2.65. The lowest BCUT2D eigenvalue weighted by Crippen LogP contribution is -2.57. The van der Waals surface area contributed by atoms with Gasteiger partial charge in [-0.3, -0.25) is 4.90 Å². The van der Waals surface area contributed by atoms with Crippen LogP contribution in [-0.4, -0.2) is 55.1 Å². The van der Waals surface area contributed by atoms with Gasteiger partial charge in [-0.25, -0.2) is 8.42 Å². The molecule has 0 spiro atoms. The van der Waals surface area contributed by atoms with Crippen molar-refractivity contribution in [2.45, 2.75) is 54.6 Å². The van der Waals surface area contributed by atoms with E-state index < -0.39 is 10.0 Å². The molecule has 2 fully saturated rings. The second kappa shape index (κ2) is 6.15. The molecule has 2 bridgehead atoms. The van der Waals surface area contributed by atoms with Crippen molar-refractivity contribution in [2.24, 2.45) is 0 Å². The summed E-state index contributed by atoms with van der Waals surface area (Å²) in [5.74, 6) is 0. The summed E-state index contributed by atoms with van der Waals surface area (Å²) in [5, 5.41) is 0. The number of likely N-dealkylation sites (tertiary alicyclic amines) is 1. The van der Waals surface area contributed by atoms with Crippen LogP contribution in [0.1, 0.15) is 26.7 Å². The minimum absolute atomic E-state index is 0.126. The van der Waals surface area contributed by atoms with Crippen molar-refractivity contribution in [2.75, 3.05) is 19.3 Å². The van der Waals surface area contributed by atoms with Crippen molar-refractivity contribution < 1.29 is 8.42 Å². The van der Waals surface area contributed by atoms with Crippen LogP contribution in [0.25, 0.3) is 0 Å². The summed E-state index contributed by atoms with van der Waals surface area (Å²) in [4.78, 5) is 3.72. The zero-order valence-corrected chi connectivity index (χ0v) is 15.0. The van der Waals surface area contributed by atoms with Crippen molar-refractivity contribution in [3.8, 4) is 0 Å². The molecule has 0 N–H and O–H groups in total. The molecule has 22 heavy (non-hydrogen) atoms. The Hall–Kier alpha value is -0.560. The second-order valence-electron chi connectivity index (χ2n) is 6.42. The van der Waals surface area contributed by atoms with E-state index in [1.165, 1.54) is 11.8 Å². The Bertz CT molecular complexity index is 631. The summed E-state index contributed by atoms with van der Waals surface area (Å²) < 4.78 is 28.2. The van der Waals surface area contributed by atoms with Gasteiger partial charge in [0.05, 0.1) is 4.90 Å². The van der Waals surface area contributed by atoms with E-state index in [2.05, 4.69) is 18.7 Å². The summed E-state index contributed by atoms with van der Waals surface area (Å²) in [6, 6.07) is 8.09. The van der Waals surface area contributed by atoms with Gasteiger partial charge in [-0.05, 0) is 45.1 Å². The van der Waals surface area contributed by atoms with E-state index >= 15 is 0 Å². The molecule has 0 amide bonds. The lowest BCUT2D eigenvalue weighted by atomic mass is 10.2. The second-order valence-corrected chi connectivity index (χ2v) is 9.08. The van der Waals surface area contributed by atoms with Crippen LogP contribution in [0.5, 0.6) is 0 Å². The monoisotopic (exact) mass is 340 g/mol. The fraction of sp³-hybridized carbons (Fsp3) is 0.625. The maximum atomic E-state index is 13.2. The molecule has 0 radical (unpaired) electrons. The summed E-state index contributed by atoms with van der Waals surface area (Å²) in [7, 11) is -3.40. The fourth-order valence-corrected chi connectivity index (χ4v) is 6.64. The molecule has 2 aliphatic heterocycles. The van der Waals surface area contributed by atoms with E-state index in [1.807, 2.05) is 24.5 Å². The maximum Gasteiger partial charge on any atom is 0.244 e. The molecular formula is C16H24N2O2S2. The predicted molar refractivity (Wildman–Crippen MR) is 90.8 cm³/mol. The summed E-state index contributed by atoms with van der Waals surface area (Å²) in [5.41, 5.74) is 0. The number of piperazine rings is 1. The van der Waals surface area contributed by atoms with Gasteiger partial charge in [-0.15, -0.1) is 11.8 Å². The number of hydrogen-bond donors (Lipinski definition) is 0. The Morgan fingerprint density at radius 3 is 2.27 bits per heavy atom. The van der Waals surface area contributed by atoms with Crippen LogP contribution < -0.4 is 0 Å². The zero-order chi connectivity index (χ0) is 15.9. The zero-order valence-electron chi connectivity index (χ0n) is 13.4. The van der Waals surface area contributed by atoms with E-state index in [0.717, 1.165) is 30.8 Å². The van der Waals surface area contributed by atoms with Gasteiger partial charge in [0.2, 0.25) is 10.0 Å². The Morgan fingerprint density at radius 2 is 1.73 bits per heavy atom. The molecule has 1 aromatic carbocycles. The molecule has 4 nitrogen and oxygen atoms in total. The number of fused-ring (bicyclic) bond motifs is 2. The van der Waals surface area contributed by atoms with Crippen LogP contribution in [0.15, 0.2) is 34.1 Å². The number of rotatable bonds is 4. The Labute approximate surface area is 137 Å². The molecule has 6 heteroatoms. The van der Waals surface area contributed by atoms with Gasteiger partial charge >= 0.3 is 0 Å². The van der Waals surface area contributed by atoms with E-state index in [9.17, 15) is 8.42 Å². The third-order valence-electron chi connectivity index (χ3n) is 4.80. The van der Waals surface area contributed by atoms with E-state index in [4.69, 9.17) is 0 Å². The number of sulfonamides is 1. The fourth-order valence-electron chi connectivity index (χ4n) is 3.66. The van der Waals surface area contributed by atoms with Gasteiger partial charge in [0, 0.05) is 36.1 Å². The Balaban J connectivity index is 1.94. The summed E-state index contributed by atoms with van der Waals surface area (Å²) >= 11 is 1.50. The highest BCUT2D eigenvalue weighted by Gasteiger charge is 2.47. The van der Waals surface area contributed by atoms with Crippen LogP contribution >= 0.6 is 11.8 Å². The molecule has 2 atom stereocenters. The highest BCUT2D eigenvalue weighted by molar-refractivity contribution is 7.99. The molecule has 0 aromatic heterocycles.